The van der Waals surface area contributed by atoms with E-state index in [-0.39, 0.29) is 12.5 Å². The van der Waals surface area contributed by atoms with Crippen molar-refractivity contribution in [2.75, 3.05) is 12.2 Å². The van der Waals surface area contributed by atoms with Crippen molar-refractivity contribution in [1.29, 1.82) is 0 Å². The van der Waals surface area contributed by atoms with E-state index >= 15 is 0 Å². The van der Waals surface area contributed by atoms with E-state index in [1.165, 1.54) is 24.4 Å². The lowest BCUT2D eigenvalue weighted by atomic mass is 10.2. The third kappa shape index (κ3) is 2.98. The Kier molecular flexibility index (Phi) is 3.62. The third-order valence-electron chi connectivity index (χ3n) is 3.03. The van der Waals surface area contributed by atoms with Crippen molar-refractivity contribution in [2.45, 2.75) is 6.18 Å². The fourth-order valence-corrected chi connectivity index (χ4v) is 2.00. The lowest BCUT2D eigenvalue weighted by Crippen LogP contribution is -2.08. The number of nitrogens with one attached hydrogen (secondary N) is 1. The quantitative estimate of drug-likeness (QED) is 0.691. The third-order valence-corrected chi connectivity index (χ3v) is 3.03. The molecule has 2 aromatic rings. The van der Waals surface area contributed by atoms with Gasteiger partial charge in [-0.2, -0.15) is 18.3 Å². The summed E-state index contributed by atoms with van der Waals surface area (Å²) >= 11 is 0. The normalized spacial score (nSPS) is 13.6. The van der Waals surface area contributed by atoms with E-state index in [4.69, 9.17) is 9.47 Å². The highest BCUT2D eigenvalue weighted by molar-refractivity contribution is 5.81. The van der Waals surface area contributed by atoms with Crippen LogP contribution >= 0.6 is 0 Å². The molecule has 22 heavy (non-hydrogen) atoms. The molecule has 1 N–H and O–H groups in total. The molecule has 0 aliphatic carbocycles. The van der Waals surface area contributed by atoms with Gasteiger partial charge < -0.3 is 9.47 Å². The van der Waals surface area contributed by atoms with E-state index in [0.717, 1.165) is 6.07 Å². The van der Waals surface area contributed by atoms with Gasteiger partial charge in [0.05, 0.1) is 17.5 Å². The molecule has 1 aliphatic rings. The van der Waals surface area contributed by atoms with Gasteiger partial charge in [0.25, 0.3) is 0 Å². The van der Waals surface area contributed by atoms with Crippen LogP contribution in [0.2, 0.25) is 0 Å². The molecule has 114 valence electrons. The van der Waals surface area contributed by atoms with Crippen LogP contribution in [0.3, 0.4) is 0 Å². The van der Waals surface area contributed by atoms with Crippen molar-refractivity contribution >= 4 is 11.9 Å². The minimum atomic E-state index is -4.43. The van der Waals surface area contributed by atoms with Crippen LogP contribution in [0, 0.1) is 0 Å². The summed E-state index contributed by atoms with van der Waals surface area (Å²) in [4.78, 5) is 0. The van der Waals surface area contributed by atoms with E-state index in [0.29, 0.717) is 17.1 Å². The number of para-hydroxylation sites is 1. The SMILES string of the molecule is FC(F)(F)c1ccccc1N/N=C/c1ccc2c(c1)OCO2. The zero-order chi connectivity index (χ0) is 15.6. The molecule has 0 amide bonds. The molecule has 0 unspecified atom stereocenters. The Labute approximate surface area is 124 Å². The maximum atomic E-state index is 12.8. The summed E-state index contributed by atoms with van der Waals surface area (Å²) in [5.74, 6) is 1.21. The molecule has 0 atom stereocenters. The Balaban J connectivity index is 1.75. The highest BCUT2D eigenvalue weighted by Gasteiger charge is 2.33. The minimum Gasteiger partial charge on any atom is -0.454 e. The van der Waals surface area contributed by atoms with Gasteiger partial charge in [-0.15, -0.1) is 0 Å². The summed E-state index contributed by atoms with van der Waals surface area (Å²) in [5, 5.41) is 3.84. The fraction of sp³-hybridized carbons (Fsp3) is 0.133. The average molecular weight is 308 g/mol. The fourth-order valence-electron chi connectivity index (χ4n) is 2.00. The van der Waals surface area contributed by atoms with Crippen LogP contribution < -0.4 is 14.9 Å². The topological polar surface area (TPSA) is 42.9 Å². The smallest absolute Gasteiger partial charge is 0.418 e. The van der Waals surface area contributed by atoms with Crippen LogP contribution in [0.5, 0.6) is 11.5 Å². The number of hydrogen-bond donors (Lipinski definition) is 1. The average Bonchev–Trinajstić information content (AvgIpc) is 2.94. The van der Waals surface area contributed by atoms with Crippen LogP contribution in [0.1, 0.15) is 11.1 Å². The first kappa shape index (κ1) is 14.2. The van der Waals surface area contributed by atoms with Crippen LogP contribution in [0.15, 0.2) is 47.6 Å². The maximum Gasteiger partial charge on any atom is 0.418 e. The van der Waals surface area contributed by atoms with Crippen molar-refractivity contribution in [2.24, 2.45) is 5.10 Å². The Morgan fingerprint density at radius 2 is 1.82 bits per heavy atom. The van der Waals surface area contributed by atoms with E-state index in [2.05, 4.69) is 10.5 Å². The summed E-state index contributed by atoms with van der Waals surface area (Å²) < 4.78 is 48.9. The number of fused-ring (bicyclic) bond motifs is 1. The Morgan fingerprint density at radius 3 is 2.64 bits per heavy atom. The predicted molar refractivity (Wildman–Crippen MR) is 75.2 cm³/mol. The number of ether oxygens (including phenoxy) is 2. The molecule has 0 aromatic heterocycles. The Hall–Kier alpha value is -2.70. The van der Waals surface area contributed by atoms with Crippen LogP contribution in [-0.2, 0) is 6.18 Å². The van der Waals surface area contributed by atoms with Gasteiger partial charge >= 0.3 is 6.18 Å². The van der Waals surface area contributed by atoms with E-state index in [1.54, 1.807) is 18.2 Å². The molecule has 0 spiro atoms. The molecule has 7 heteroatoms. The number of rotatable bonds is 3. The van der Waals surface area contributed by atoms with E-state index in [1.807, 2.05) is 0 Å². The lowest BCUT2D eigenvalue weighted by Gasteiger charge is -2.11. The highest BCUT2D eigenvalue weighted by Crippen LogP contribution is 2.34. The van der Waals surface area contributed by atoms with Gasteiger partial charge in [-0.05, 0) is 35.9 Å². The van der Waals surface area contributed by atoms with Gasteiger partial charge in [0.1, 0.15) is 0 Å². The molecule has 0 bridgehead atoms. The molecule has 1 aliphatic heterocycles. The molecule has 3 rings (SSSR count). The standard InChI is InChI=1S/C15H11F3N2O2/c16-15(17,18)11-3-1-2-4-12(11)20-19-8-10-5-6-13-14(7-10)22-9-21-13/h1-8,20H,9H2/b19-8+. The number of nitrogens with zero attached hydrogens (tertiary/aromatic N) is 1. The molecule has 0 radical (unpaired) electrons. The first-order chi connectivity index (χ1) is 10.5. The van der Waals surface area contributed by atoms with E-state index in [9.17, 15) is 13.2 Å². The molecule has 1 heterocycles. The molecular weight excluding hydrogens is 297 g/mol. The second-order valence-corrected chi connectivity index (χ2v) is 4.53. The summed E-state index contributed by atoms with van der Waals surface area (Å²) in [5.41, 5.74) is 2.22. The molecular formula is C15H11F3N2O2. The Morgan fingerprint density at radius 1 is 1.05 bits per heavy atom. The summed E-state index contributed by atoms with van der Waals surface area (Å²) in [6.07, 6.45) is -3.02. The number of anilines is 1. The van der Waals surface area contributed by atoms with Crippen LogP contribution in [-0.4, -0.2) is 13.0 Å². The van der Waals surface area contributed by atoms with Crippen molar-refractivity contribution in [1.82, 2.24) is 0 Å². The van der Waals surface area contributed by atoms with Crippen molar-refractivity contribution in [3.8, 4) is 11.5 Å². The molecule has 0 saturated heterocycles. The lowest BCUT2D eigenvalue weighted by molar-refractivity contribution is -0.136. The number of benzene rings is 2. The zero-order valence-corrected chi connectivity index (χ0v) is 11.2. The van der Waals surface area contributed by atoms with Gasteiger partial charge in [0.15, 0.2) is 11.5 Å². The van der Waals surface area contributed by atoms with Gasteiger partial charge in [-0.1, -0.05) is 12.1 Å². The second-order valence-electron chi connectivity index (χ2n) is 4.53. The molecule has 0 fully saturated rings. The van der Waals surface area contributed by atoms with Gasteiger partial charge in [-0.3, -0.25) is 5.43 Å². The Bertz CT molecular complexity index is 714. The van der Waals surface area contributed by atoms with E-state index < -0.39 is 11.7 Å². The first-order valence-electron chi connectivity index (χ1n) is 6.39. The molecule has 0 saturated carbocycles. The molecule has 2 aromatic carbocycles. The van der Waals surface area contributed by atoms with Crippen LogP contribution in [0.25, 0.3) is 0 Å². The number of hydrazone groups is 1. The van der Waals surface area contributed by atoms with Crippen LogP contribution in [0.4, 0.5) is 18.9 Å². The van der Waals surface area contributed by atoms with Crippen molar-refractivity contribution in [3.63, 3.8) is 0 Å². The number of hydrogen-bond acceptors (Lipinski definition) is 4. The first-order valence-corrected chi connectivity index (χ1v) is 6.39. The second kappa shape index (κ2) is 5.59. The number of alkyl halides is 3. The minimum absolute atomic E-state index is 0.105. The van der Waals surface area contributed by atoms with Crippen molar-refractivity contribution < 1.29 is 22.6 Å². The monoisotopic (exact) mass is 308 g/mol. The zero-order valence-electron chi connectivity index (χ0n) is 11.2. The summed E-state index contributed by atoms with van der Waals surface area (Å²) in [6, 6.07) is 10.3. The van der Waals surface area contributed by atoms with Gasteiger partial charge in [0, 0.05) is 0 Å². The summed E-state index contributed by atoms with van der Waals surface area (Å²) in [7, 11) is 0. The predicted octanol–water partition coefficient (Wildman–Crippen LogP) is 3.88. The number of halogens is 3. The van der Waals surface area contributed by atoms with Gasteiger partial charge in [-0.25, -0.2) is 0 Å². The maximum absolute atomic E-state index is 12.8. The highest BCUT2D eigenvalue weighted by atomic mass is 19.4. The van der Waals surface area contributed by atoms with Crippen molar-refractivity contribution in [3.05, 3.63) is 53.6 Å². The summed E-state index contributed by atoms with van der Waals surface area (Å²) in [6.45, 7) is 0.160. The molecule has 4 nitrogen and oxygen atoms in total. The largest absolute Gasteiger partial charge is 0.454 e. The van der Waals surface area contributed by atoms with Gasteiger partial charge in [0.2, 0.25) is 6.79 Å².